The quantitative estimate of drug-likeness (QED) is 0.264. The number of aliphatic carboxylic acids is 1. The number of β-lactam (4-membered cyclic amide) rings is 1. The summed E-state index contributed by atoms with van der Waals surface area (Å²) in [4.78, 5) is 38.1. The number of aromatic amines is 1. The Morgan fingerprint density at radius 2 is 2.28 bits per heavy atom. The second-order valence-corrected chi connectivity index (χ2v) is 10.3. The minimum Gasteiger partial charge on any atom is -0.477 e. The number of amides is 2. The van der Waals surface area contributed by atoms with E-state index >= 15 is 0 Å². The molecule has 3 atom stereocenters. The van der Waals surface area contributed by atoms with Crippen LogP contribution in [0.1, 0.15) is 6.42 Å². The average Bonchev–Trinajstić information content (AvgIpc) is 3.45. The van der Waals surface area contributed by atoms with Crippen molar-refractivity contribution in [3.63, 3.8) is 0 Å². The molecule has 0 bridgehead atoms. The average molecular weight is 500 g/mol. The normalized spacial score (nSPS) is 21.2. The fourth-order valence-electron chi connectivity index (χ4n) is 3.15. The molecule has 4 heterocycles. The standard InChI is InChI=1S/C15H17N9O5S3/c1-23-15(19-21-22-23)32(29)3-2-8(25)17-10-12(26)24-11(14(27)28)7(6-31-13(10)24)5-30-9-4-16-20-18-9/h4,10,13H,2-3,5-6H2,1H3,(H,17,25)(H,27,28)(H,16,18,20)/t10?,13-,32?/m0/s1. The lowest BCUT2D eigenvalue weighted by molar-refractivity contribution is -0.150. The van der Waals surface area contributed by atoms with Crippen molar-refractivity contribution in [1.29, 1.82) is 0 Å². The molecule has 2 aromatic rings. The van der Waals surface area contributed by atoms with Crippen molar-refractivity contribution in [1.82, 2.24) is 45.8 Å². The van der Waals surface area contributed by atoms with Crippen LogP contribution in [-0.4, -0.2) is 96.3 Å². The number of carbonyl (C=O) groups is 3. The van der Waals surface area contributed by atoms with Crippen LogP contribution < -0.4 is 5.32 Å². The number of hydrogen-bond acceptors (Lipinski definition) is 11. The highest BCUT2D eigenvalue weighted by Crippen LogP contribution is 2.41. The summed E-state index contributed by atoms with van der Waals surface area (Å²) in [5, 5.41) is 33.3. The Morgan fingerprint density at radius 3 is 2.94 bits per heavy atom. The van der Waals surface area contributed by atoms with Gasteiger partial charge in [0.2, 0.25) is 11.1 Å². The molecule has 14 nitrogen and oxygen atoms in total. The number of aryl methyl sites for hydroxylation is 1. The molecule has 0 aromatic carbocycles. The third-order valence-corrected chi connectivity index (χ3v) is 8.31. The third kappa shape index (κ3) is 4.40. The van der Waals surface area contributed by atoms with Crippen LogP contribution in [0.15, 0.2) is 27.6 Å². The Bertz CT molecular complexity index is 1100. The van der Waals surface area contributed by atoms with Gasteiger partial charge in [0.05, 0.1) is 17.0 Å². The van der Waals surface area contributed by atoms with Gasteiger partial charge < -0.3 is 10.4 Å². The zero-order valence-electron chi connectivity index (χ0n) is 16.5. The summed E-state index contributed by atoms with van der Waals surface area (Å²) >= 11 is 2.69. The predicted octanol–water partition coefficient (Wildman–Crippen LogP) is -1.64. The topological polar surface area (TPSA) is 189 Å². The van der Waals surface area contributed by atoms with E-state index in [4.69, 9.17) is 0 Å². The molecule has 2 aliphatic heterocycles. The zero-order valence-corrected chi connectivity index (χ0v) is 18.9. The molecule has 32 heavy (non-hydrogen) atoms. The van der Waals surface area contributed by atoms with E-state index in [9.17, 15) is 23.7 Å². The lowest BCUT2D eigenvalue weighted by Crippen LogP contribution is -2.70. The van der Waals surface area contributed by atoms with Crippen LogP contribution in [-0.2, 0) is 32.2 Å². The molecule has 0 radical (unpaired) electrons. The number of carboxylic acid groups (broad SMARTS) is 1. The van der Waals surface area contributed by atoms with Crippen LogP contribution in [0.5, 0.6) is 0 Å². The molecule has 2 amide bonds. The van der Waals surface area contributed by atoms with Gasteiger partial charge in [-0.25, -0.2) is 9.48 Å². The number of rotatable bonds is 9. The Labute approximate surface area is 191 Å². The van der Waals surface area contributed by atoms with Crippen molar-refractivity contribution in [2.24, 2.45) is 7.05 Å². The van der Waals surface area contributed by atoms with E-state index in [0.717, 1.165) is 0 Å². The first-order valence-corrected chi connectivity index (χ1v) is 12.5. The molecule has 17 heteroatoms. The van der Waals surface area contributed by atoms with Crippen LogP contribution in [0.25, 0.3) is 0 Å². The van der Waals surface area contributed by atoms with E-state index < -0.39 is 40.0 Å². The monoisotopic (exact) mass is 499 g/mol. The highest BCUT2D eigenvalue weighted by molar-refractivity contribution is 8.01. The zero-order chi connectivity index (χ0) is 22.8. The molecular weight excluding hydrogens is 482 g/mol. The molecule has 0 saturated carbocycles. The molecule has 3 N–H and O–H groups in total. The van der Waals surface area contributed by atoms with Crippen LogP contribution in [0, 0.1) is 0 Å². The Morgan fingerprint density at radius 1 is 1.47 bits per heavy atom. The van der Waals surface area contributed by atoms with Crippen LogP contribution in [0.2, 0.25) is 0 Å². The lowest BCUT2D eigenvalue weighted by atomic mass is 10.0. The molecule has 2 aliphatic rings. The summed E-state index contributed by atoms with van der Waals surface area (Å²) in [7, 11) is -0.0228. The minimum atomic E-state index is -1.57. The summed E-state index contributed by atoms with van der Waals surface area (Å²) in [5.41, 5.74) is 0.536. The summed E-state index contributed by atoms with van der Waals surface area (Å²) in [5.74, 6) is -1.41. The number of hydrogen-bond donors (Lipinski definition) is 3. The highest BCUT2D eigenvalue weighted by atomic mass is 32.2. The van der Waals surface area contributed by atoms with E-state index in [1.54, 1.807) is 7.05 Å². The Hall–Kier alpha value is -2.79. The summed E-state index contributed by atoms with van der Waals surface area (Å²) in [6, 6.07) is -0.837. The molecular formula is C15H17N9O5S3. The fourth-order valence-corrected chi connectivity index (χ4v) is 6.43. The number of nitrogens with zero attached hydrogens (tertiary/aromatic N) is 7. The predicted molar refractivity (Wildman–Crippen MR) is 111 cm³/mol. The van der Waals surface area contributed by atoms with Crippen molar-refractivity contribution in [3.8, 4) is 0 Å². The smallest absolute Gasteiger partial charge is 0.352 e. The van der Waals surface area contributed by atoms with Gasteiger partial charge in [0, 0.05) is 30.7 Å². The lowest BCUT2D eigenvalue weighted by Gasteiger charge is -2.49. The molecule has 1 saturated heterocycles. The van der Waals surface area contributed by atoms with Crippen molar-refractivity contribution in [2.45, 2.75) is 28.0 Å². The molecule has 4 rings (SSSR count). The first-order chi connectivity index (χ1) is 15.4. The second-order valence-electron chi connectivity index (χ2n) is 6.69. The molecule has 170 valence electrons. The van der Waals surface area contributed by atoms with Gasteiger partial charge in [-0.15, -0.1) is 16.9 Å². The highest BCUT2D eigenvalue weighted by Gasteiger charge is 2.54. The van der Waals surface area contributed by atoms with Gasteiger partial charge in [0.1, 0.15) is 22.1 Å². The van der Waals surface area contributed by atoms with E-state index in [-0.39, 0.29) is 23.0 Å². The van der Waals surface area contributed by atoms with Crippen molar-refractivity contribution in [2.75, 3.05) is 17.3 Å². The van der Waals surface area contributed by atoms with Crippen molar-refractivity contribution in [3.05, 3.63) is 17.5 Å². The number of fused-ring (bicyclic) bond motifs is 1. The molecule has 2 unspecified atom stereocenters. The maximum absolute atomic E-state index is 12.7. The largest absolute Gasteiger partial charge is 0.477 e. The number of H-pyrrole nitrogens is 1. The first-order valence-electron chi connectivity index (χ1n) is 9.15. The number of aromatic nitrogens is 7. The van der Waals surface area contributed by atoms with Gasteiger partial charge in [-0.05, 0) is 16.0 Å². The maximum atomic E-state index is 12.7. The van der Waals surface area contributed by atoms with Crippen LogP contribution >= 0.6 is 23.5 Å². The molecule has 2 aromatic heterocycles. The SMILES string of the molecule is Cn1nnnc1S(=O)CCC(=O)NC1C(=O)N2C(C(=O)O)=C(CSc3cn[nH]n3)CS[C@@H]12. The number of carboxylic acids is 1. The van der Waals surface area contributed by atoms with E-state index in [2.05, 4.69) is 36.3 Å². The van der Waals surface area contributed by atoms with E-state index in [0.29, 0.717) is 22.1 Å². The number of tetrazole rings is 1. The van der Waals surface area contributed by atoms with Crippen molar-refractivity contribution < 1.29 is 23.7 Å². The first kappa shape index (κ1) is 22.4. The maximum Gasteiger partial charge on any atom is 0.352 e. The van der Waals surface area contributed by atoms with Crippen LogP contribution in [0.3, 0.4) is 0 Å². The molecule has 1 fully saturated rings. The molecule has 0 spiro atoms. The van der Waals surface area contributed by atoms with Gasteiger partial charge in [-0.2, -0.15) is 10.3 Å². The molecule has 0 aliphatic carbocycles. The number of nitrogens with one attached hydrogen (secondary N) is 2. The van der Waals surface area contributed by atoms with E-state index in [1.807, 2.05) is 0 Å². The number of carbonyl (C=O) groups excluding carboxylic acids is 2. The van der Waals surface area contributed by atoms with Crippen molar-refractivity contribution >= 4 is 52.1 Å². The minimum absolute atomic E-state index is 0.00776. The summed E-state index contributed by atoms with van der Waals surface area (Å²) in [6.45, 7) is 0. The summed E-state index contributed by atoms with van der Waals surface area (Å²) < 4.78 is 13.5. The fraction of sp³-hybridized carbons (Fsp3) is 0.467. The Kier molecular flexibility index (Phi) is 6.56. The summed E-state index contributed by atoms with van der Waals surface area (Å²) in [6.07, 6.45) is 1.43. The Balaban J connectivity index is 1.36. The van der Waals surface area contributed by atoms with E-state index in [1.165, 1.54) is 39.3 Å². The van der Waals surface area contributed by atoms with Gasteiger partial charge in [0.25, 0.3) is 5.91 Å². The van der Waals surface area contributed by atoms with Gasteiger partial charge in [-0.3, -0.25) is 18.7 Å². The van der Waals surface area contributed by atoms with Gasteiger partial charge in [-0.1, -0.05) is 16.9 Å². The van der Waals surface area contributed by atoms with Gasteiger partial charge in [0.15, 0.2) is 0 Å². The number of thioether (sulfide) groups is 2. The van der Waals surface area contributed by atoms with Crippen LogP contribution in [0.4, 0.5) is 0 Å². The van der Waals surface area contributed by atoms with Gasteiger partial charge >= 0.3 is 5.97 Å². The third-order valence-electron chi connectivity index (χ3n) is 4.65. The second kappa shape index (κ2) is 9.37.